The summed E-state index contributed by atoms with van der Waals surface area (Å²) in [5, 5.41) is 13.0. The van der Waals surface area contributed by atoms with Gasteiger partial charge in [0.25, 0.3) is 11.8 Å². The van der Waals surface area contributed by atoms with Gasteiger partial charge in [-0.1, -0.05) is 31.5 Å². The van der Waals surface area contributed by atoms with Crippen LogP contribution in [0.1, 0.15) is 77.6 Å². The van der Waals surface area contributed by atoms with Gasteiger partial charge in [-0.25, -0.2) is 9.78 Å². The molecule has 1 aliphatic carbocycles. The second-order valence-corrected chi connectivity index (χ2v) is 12.8. The van der Waals surface area contributed by atoms with Crippen molar-refractivity contribution < 1.29 is 33.6 Å². The number of hydrogen-bond donors (Lipinski definition) is 5. The van der Waals surface area contributed by atoms with Crippen LogP contribution >= 0.6 is 0 Å². The number of hydrogen-bond acceptors (Lipinski definition) is 11. The molecule has 0 radical (unpaired) electrons. The van der Waals surface area contributed by atoms with Crippen LogP contribution in [0.5, 0.6) is 0 Å². The molecule has 15 nitrogen and oxygen atoms in total. The molecule has 0 spiro atoms. The van der Waals surface area contributed by atoms with E-state index in [1.807, 2.05) is 18.2 Å². The van der Waals surface area contributed by atoms with Crippen molar-refractivity contribution in [1.29, 1.82) is 0 Å². The fourth-order valence-electron chi connectivity index (χ4n) is 6.66. The largest absolute Gasteiger partial charge is 0.382 e. The van der Waals surface area contributed by atoms with Crippen LogP contribution in [0.3, 0.4) is 0 Å². The molecular formula is C34H46N8O7. The maximum atomic E-state index is 12.9. The Balaban J connectivity index is 0.984. The molecule has 6 N–H and O–H groups in total. The number of fused-ring (bicyclic) bond motifs is 3. The highest BCUT2D eigenvalue weighted by Gasteiger charge is 2.34. The highest BCUT2D eigenvalue weighted by molar-refractivity contribution is 6.04. The van der Waals surface area contributed by atoms with Crippen molar-refractivity contribution in [3.05, 3.63) is 24.3 Å². The first-order valence-electron chi connectivity index (χ1n) is 17.3. The topological polar surface area (TPSA) is 205 Å². The van der Waals surface area contributed by atoms with E-state index < -0.39 is 30.2 Å². The van der Waals surface area contributed by atoms with E-state index in [9.17, 15) is 28.8 Å². The molecule has 0 bridgehead atoms. The zero-order valence-corrected chi connectivity index (χ0v) is 27.9. The molecule has 1 aromatic carbocycles. The highest BCUT2D eigenvalue weighted by atomic mass is 16.7. The lowest BCUT2D eigenvalue weighted by molar-refractivity contribution is -0.196. The minimum Gasteiger partial charge on any atom is -0.382 e. The number of hydroxylamine groups is 2. The van der Waals surface area contributed by atoms with Crippen molar-refractivity contribution in [2.75, 3.05) is 42.1 Å². The molecule has 1 saturated carbocycles. The number of carbonyl (C=O) groups excluding carboxylic acids is 6. The number of nitrogens with zero attached hydrogens (tertiary/aromatic N) is 3. The zero-order chi connectivity index (χ0) is 34.9. The summed E-state index contributed by atoms with van der Waals surface area (Å²) in [6.07, 6.45) is 7.19. The fourth-order valence-corrected chi connectivity index (χ4v) is 6.66. The molecule has 1 unspecified atom stereocenters. The number of nitrogens with two attached hydrogens (primary N) is 1. The van der Waals surface area contributed by atoms with Crippen LogP contribution in [0.25, 0.3) is 10.9 Å². The first-order valence-corrected chi connectivity index (χ1v) is 17.3. The molecule has 1 saturated heterocycles. The van der Waals surface area contributed by atoms with Gasteiger partial charge in [0.1, 0.15) is 18.1 Å². The molecule has 3 heterocycles. The van der Waals surface area contributed by atoms with E-state index in [0.717, 1.165) is 60.9 Å². The molecule has 5 amide bonds. The predicted octanol–water partition coefficient (Wildman–Crippen LogP) is 2.11. The molecule has 1 aromatic heterocycles. The van der Waals surface area contributed by atoms with E-state index in [1.54, 1.807) is 0 Å². The van der Waals surface area contributed by atoms with Gasteiger partial charge >= 0.3 is 5.97 Å². The Kier molecular flexibility index (Phi) is 11.9. The number of benzene rings is 1. The Morgan fingerprint density at radius 1 is 0.918 bits per heavy atom. The first kappa shape index (κ1) is 35.4. The summed E-state index contributed by atoms with van der Waals surface area (Å²) in [4.78, 5) is 84.2. The SMILES string of the molecule is CCCCC1Nc2c(N)nc3ccccc3c2N1CCCCNC(=O)C1CCC(C(=O)NCC(=O)NCC(=O)ON2C(=O)CCC2=O)CC1. The number of para-hydroxylation sites is 1. The monoisotopic (exact) mass is 678 g/mol. The Morgan fingerprint density at radius 2 is 1.59 bits per heavy atom. The van der Waals surface area contributed by atoms with Crippen molar-refractivity contribution >= 4 is 63.6 Å². The van der Waals surface area contributed by atoms with Gasteiger partial charge in [0.15, 0.2) is 0 Å². The molecule has 2 aliphatic heterocycles. The summed E-state index contributed by atoms with van der Waals surface area (Å²) in [7, 11) is 0. The van der Waals surface area contributed by atoms with Crippen molar-refractivity contribution in [3.63, 3.8) is 0 Å². The van der Waals surface area contributed by atoms with Crippen LogP contribution in [0.2, 0.25) is 0 Å². The van der Waals surface area contributed by atoms with E-state index in [4.69, 9.17) is 5.73 Å². The average Bonchev–Trinajstić information content (AvgIpc) is 3.63. The van der Waals surface area contributed by atoms with E-state index >= 15 is 0 Å². The third kappa shape index (κ3) is 8.75. The molecule has 3 aliphatic rings. The van der Waals surface area contributed by atoms with Gasteiger partial charge in [-0.15, -0.1) is 5.06 Å². The number of rotatable bonds is 15. The lowest BCUT2D eigenvalue weighted by atomic mass is 9.81. The molecule has 2 aromatic rings. The van der Waals surface area contributed by atoms with Gasteiger partial charge in [-0.05, 0) is 57.4 Å². The molecule has 1 atom stereocenters. The van der Waals surface area contributed by atoms with E-state index in [2.05, 4.69) is 49.0 Å². The summed E-state index contributed by atoms with van der Waals surface area (Å²) in [5.74, 6) is -3.07. The predicted molar refractivity (Wildman–Crippen MR) is 181 cm³/mol. The molecule has 5 rings (SSSR count). The Labute approximate surface area is 285 Å². The fraction of sp³-hybridized carbons (Fsp3) is 0.559. The number of anilines is 3. The van der Waals surface area contributed by atoms with Crippen molar-refractivity contribution in [1.82, 2.24) is 26.0 Å². The lowest BCUT2D eigenvalue weighted by Gasteiger charge is -2.28. The Morgan fingerprint density at radius 3 is 2.29 bits per heavy atom. The summed E-state index contributed by atoms with van der Waals surface area (Å²) in [6, 6.07) is 8.05. The summed E-state index contributed by atoms with van der Waals surface area (Å²) in [6.45, 7) is 2.67. The average molecular weight is 679 g/mol. The number of nitrogens with one attached hydrogen (secondary N) is 4. The van der Waals surface area contributed by atoms with Gasteiger partial charge in [0.05, 0.1) is 23.9 Å². The van der Waals surface area contributed by atoms with Crippen LogP contribution in [0.4, 0.5) is 17.2 Å². The molecular weight excluding hydrogens is 632 g/mol. The van der Waals surface area contributed by atoms with Crippen LogP contribution in [0.15, 0.2) is 24.3 Å². The first-order chi connectivity index (χ1) is 23.7. The Hall–Kier alpha value is -4.95. The number of unbranched alkanes of at least 4 members (excludes halogenated alkanes) is 2. The van der Waals surface area contributed by atoms with E-state index in [0.29, 0.717) is 43.1 Å². The van der Waals surface area contributed by atoms with E-state index in [-0.39, 0.29) is 49.2 Å². The smallest absolute Gasteiger partial charge is 0.352 e. The summed E-state index contributed by atoms with van der Waals surface area (Å²) in [5.41, 5.74) is 9.23. The third-order valence-electron chi connectivity index (χ3n) is 9.34. The summed E-state index contributed by atoms with van der Waals surface area (Å²) >= 11 is 0. The number of imide groups is 1. The lowest BCUT2D eigenvalue weighted by Crippen LogP contribution is -2.43. The quantitative estimate of drug-likeness (QED) is 0.136. The normalized spacial score (nSPS) is 20.1. The minimum absolute atomic E-state index is 0.00121. The van der Waals surface area contributed by atoms with Crippen LogP contribution in [0, 0.1) is 11.8 Å². The molecule has 264 valence electrons. The number of aromatic nitrogens is 1. The number of nitrogen functional groups attached to an aromatic ring is 1. The standard InChI is InChI=1S/C34H46N8O7/c1-2-3-10-25-40-30-31(23-8-4-5-9-24(23)39-32(30)35)41(25)18-7-6-17-36-33(47)21-11-13-22(14-12-21)34(48)38-19-26(43)37-20-29(46)49-42-27(44)15-16-28(42)45/h4-5,8-9,21-22,25,40H,2-3,6-7,10-20H2,1H3,(H2,35,39)(H,36,47)(H,37,43)(H,38,48). The van der Waals surface area contributed by atoms with Gasteiger partial charge in [-0.2, -0.15) is 0 Å². The number of amides is 5. The maximum absolute atomic E-state index is 12.9. The van der Waals surface area contributed by atoms with Crippen LogP contribution in [-0.4, -0.2) is 77.9 Å². The van der Waals surface area contributed by atoms with Crippen molar-refractivity contribution in [2.24, 2.45) is 11.8 Å². The second-order valence-electron chi connectivity index (χ2n) is 12.8. The van der Waals surface area contributed by atoms with Crippen molar-refractivity contribution in [3.8, 4) is 0 Å². The third-order valence-corrected chi connectivity index (χ3v) is 9.34. The number of carbonyl (C=O) groups is 6. The number of pyridine rings is 1. The van der Waals surface area contributed by atoms with E-state index in [1.165, 1.54) is 0 Å². The van der Waals surface area contributed by atoms with Gasteiger partial charge in [-0.3, -0.25) is 24.0 Å². The molecule has 15 heteroatoms. The molecule has 49 heavy (non-hydrogen) atoms. The van der Waals surface area contributed by atoms with Crippen LogP contribution in [-0.2, 0) is 33.6 Å². The van der Waals surface area contributed by atoms with Gasteiger partial charge in [0, 0.05) is 43.2 Å². The second kappa shape index (κ2) is 16.4. The van der Waals surface area contributed by atoms with Gasteiger partial charge in [0.2, 0.25) is 17.7 Å². The zero-order valence-electron chi connectivity index (χ0n) is 27.9. The maximum Gasteiger partial charge on any atom is 0.352 e. The molecule has 2 fully saturated rings. The highest BCUT2D eigenvalue weighted by Crippen LogP contribution is 2.44. The summed E-state index contributed by atoms with van der Waals surface area (Å²) < 4.78 is 0. The Bertz CT molecular complexity index is 1560. The van der Waals surface area contributed by atoms with Gasteiger partial charge < -0.3 is 36.7 Å². The van der Waals surface area contributed by atoms with Crippen molar-refractivity contribution in [2.45, 2.75) is 83.7 Å². The minimum atomic E-state index is -0.970. The van der Waals surface area contributed by atoms with Crippen LogP contribution < -0.4 is 31.9 Å².